The molecular formula is C24H42IN5O2. The Balaban J connectivity index is 0.00000512. The molecule has 3 N–H and O–H groups in total. The third kappa shape index (κ3) is 11.5. The lowest BCUT2D eigenvalue weighted by Gasteiger charge is -2.20. The van der Waals surface area contributed by atoms with Crippen molar-refractivity contribution in [3.05, 3.63) is 29.8 Å². The molecule has 1 aliphatic carbocycles. The summed E-state index contributed by atoms with van der Waals surface area (Å²) in [6, 6.07) is 8.01. The summed E-state index contributed by atoms with van der Waals surface area (Å²) < 4.78 is 5.11. The minimum Gasteiger partial charge on any atom is -0.385 e. The van der Waals surface area contributed by atoms with Crippen LogP contribution in [0.1, 0.15) is 51.0 Å². The van der Waals surface area contributed by atoms with Crippen LogP contribution in [0.3, 0.4) is 0 Å². The lowest BCUT2D eigenvalue weighted by molar-refractivity contribution is -0.120. The SMILES string of the molecule is CCNC(=NCc1cccc(NC(=O)C2CCCCC2)c1)NCCN(C)CCCOC.I. The average molecular weight is 560 g/mol. The van der Waals surface area contributed by atoms with Gasteiger partial charge in [-0.05, 0) is 50.9 Å². The van der Waals surface area contributed by atoms with Crippen LogP contribution < -0.4 is 16.0 Å². The number of ether oxygens (including phenoxy) is 1. The fourth-order valence-electron chi connectivity index (χ4n) is 3.82. The van der Waals surface area contributed by atoms with E-state index in [0.29, 0.717) is 6.54 Å². The summed E-state index contributed by atoms with van der Waals surface area (Å²) in [5, 5.41) is 9.80. The van der Waals surface area contributed by atoms with Crippen LogP contribution in [0.5, 0.6) is 0 Å². The van der Waals surface area contributed by atoms with Crippen molar-refractivity contribution in [3.8, 4) is 0 Å². The van der Waals surface area contributed by atoms with E-state index in [2.05, 4.69) is 34.8 Å². The molecule has 1 fully saturated rings. The Morgan fingerprint density at radius 3 is 2.69 bits per heavy atom. The zero-order chi connectivity index (χ0) is 22.3. The first-order valence-corrected chi connectivity index (χ1v) is 11.7. The molecule has 0 radical (unpaired) electrons. The number of amides is 1. The molecule has 0 heterocycles. The number of nitrogens with zero attached hydrogens (tertiary/aromatic N) is 2. The van der Waals surface area contributed by atoms with Gasteiger partial charge in [-0.3, -0.25) is 4.79 Å². The Kier molecular flexibility index (Phi) is 15.3. The monoisotopic (exact) mass is 559 g/mol. The predicted molar refractivity (Wildman–Crippen MR) is 144 cm³/mol. The molecule has 2 rings (SSSR count). The van der Waals surface area contributed by atoms with Crippen molar-refractivity contribution in [1.29, 1.82) is 0 Å². The van der Waals surface area contributed by atoms with E-state index in [-0.39, 0.29) is 35.8 Å². The Morgan fingerprint density at radius 1 is 1.19 bits per heavy atom. The minimum absolute atomic E-state index is 0. The van der Waals surface area contributed by atoms with Gasteiger partial charge in [0.15, 0.2) is 5.96 Å². The third-order valence-corrected chi connectivity index (χ3v) is 5.61. The second-order valence-electron chi connectivity index (χ2n) is 8.30. The highest BCUT2D eigenvalue weighted by Gasteiger charge is 2.21. The highest BCUT2D eigenvalue weighted by atomic mass is 127. The third-order valence-electron chi connectivity index (χ3n) is 5.61. The number of methoxy groups -OCH3 is 1. The van der Waals surface area contributed by atoms with Crippen LogP contribution in [0.4, 0.5) is 5.69 Å². The first kappa shape index (κ1) is 28.6. The number of likely N-dealkylation sites (N-methyl/N-ethyl adjacent to an activating group) is 1. The zero-order valence-corrected chi connectivity index (χ0v) is 22.3. The molecule has 32 heavy (non-hydrogen) atoms. The summed E-state index contributed by atoms with van der Waals surface area (Å²) in [7, 11) is 3.86. The number of hydrogen-bond acceptors (Lipinski definition) is 4. The normalized spacial score (nSPS) is 14.7. The second kappa shape index (κ2) is 17.1. The molecule has 1 amide bonds. The maximum Gasteiger partial charge on any atom is 0.227 e. The number of rotatable bonds is 12. The number of aliphatic imine (C=N–C) groups is 1. The van der Waals surface area contributed by atoms with Gasteiger partial charge in [-0.15, -0.1) is 24.0 Å². The van der Waals surface area contributed by atoms with Crippen LogP contribution in [-0.2, 0) is 16.1 Å². The maximum absolute atomic E-state index is 12.5. The number of guanidine groups is 1. The summed E-state index contributed by atoms with van der Waals surface area (Å²) >= 11 is 0. The van der Waals surface area contributed by atoms with Gasteiger partial charge in [-0.2, -0.15) is 0 Å². The van der Waals surface area contributed by atoms with E-state index in [1.165, 1.54) is 6.42 Å². The van der Waals surface area contributed by atoms with Crippen molar-refractivity contribution < 1.29 is 9.53 Å². The van der Waals surface area contributed by atoms with Gasteiger partial charge in [0.05, 0.1) is 6.54 Å². The number of carbonyl (C=O) groups is 1. The second-order valence-corrected chi connectivity index (χ2v) is 8.30. The number of benzene rings is 1. The van der Waals surface area contributed by atoms with Crippen molar-refractivity contribution in [2.45, 2.75) is 52.0 Å². The molecule has 7 nitrogen and oxygen atoms in total. The highest BCUT2D eigenvalue weighted by molar-refractivity contribution is 14.0. The first-order chi connectivity index (χ1) is 15.1. The van der Waals surface area contributed by atoms with Gasteiger partial charge >= 0.3 is 0 Å². The fraction of sp³-hybridized carbons (Fsp3) is 0.667. The molecule has 182 valence electrons. The quantitative estimate of drug-likeness (QED) is 0.157. The molecule has 1 aromatic carbocycles. The Labute approximate surface area is 211 Å². The van der Waals surface area contributed by atoms with E-state index in [4.69, 9.17) is 9.73 Å². The molecule has 0 bridgehead atoms. The standard InChI is InChI=1S/C24H41N5O2.HI/c1-4-25-24(26-14-16-29(2)15-9-17-31-3)27-19-20-10-8-13-22(18-20)28-23(30)21-11-6-5-7-12-21;/h8,10,13,18,21H,4-7,9,11-12,14-17,19H2,1-3H3,(H,28,30)(H2,25,26,27);1H. The smallest absolute Gasteiger partial charge is 0.227 e. The Bertz CT molecular complexity index is 680. The van der Waals surface area contributed by atoms with Gasteiger partial charge in [0, 0.05) is 51.5 Å². The number of anilines is 1. The molecule has 0 atom stereocenters. The van der Waals surface area contributed by atoms with E-state index in [1.54, 1.807) is 7.11 Å². The molecule has 1 saturated carbocycles. The molecule has 1 aliphatic rings. The molecule has 1 aromatic rings. The van der Waals surface area contributed by atoms with Gasteiger partial charge in [0.1, 0.15) is 0 Å². The van der Waals surface area contributed by atoms with Gasteiger partial charge < -0.3 is 25.6 Å². The summed E-state index contributed by atoms with van der Waals surface area (Å²) in [6.45, 7) is 7.02. The van der Waals surface area contributed by atoms with E-state index in [0.717, 1.165) is 82.1 Å². The lowest BCUT2D eigenvalue weighted by atomic mass is 9.88. The van der Waals surface area contributed by atoms with E-state index in [9.17, 15) is 4.79 Å². The largest absolute Gasteiger partial charge is 0.385 e. The van der Waals surface area contributed by atoms with Crippen LogP contribution in [0.15, 0.2) is 29.3 Å². The molecule has 0 aromatic heterocycles. The van der Waals surface area contributed by atoms with Gasteiger partial charge in [0.25, 0.3) is 0 Å². The van der Waals surface area contributed by atoms with Crippen LogP contribution in [0, 0.1) is 5.92 Å². The molecule has 8 heteroatoms. The summed E-state index contributed by atoms with van der Waals surface area (Å²) in [5.41, 5.74) is 1.94. The van der Waals surface area contributed by atoms with Crippen molar-refractivity contribution in [1.82, 2.24) is 15.5 Å². The van der Waals surface area contributed by atoms with Crippen molar-refractivity contribution in [2.24, 2.45) is 10.9 Å². The van der Waals surface area contributed by atoms with Gasteiger partial charge in [-0.25, -0.2) is 4.99 Å². The maximum atomic E-state index is 12.5. The van der Waals surface area contributed by atoms with Crippen LogP contribution in [-0.4, -0.2) is 63.7 Å². The molecule has 0 spiro atoms. The predicted octanol–water partition coefficient (Wildman–Crippen LogP) is 3.85. The topological polar surface area (TPSA) is 78.0 Å². The van der Waals surface area contributed by atoms with Crippen molar-refractivity contribution in [3.63, 3.8) is 0 Å². The van der Waals surface area contributed by atoms with Gasteiger partial charge in [0.2, 0.25) is 5.91 Å². The molecule has 0 unspecified atom stereocenters. The number of hydrogen-bond donors (Lipinski definition) is 3. The fourth-order valence-corrected chi connectivity index (χ4v) is 3.82. The van der Waals surface area contributed by atoms with Crippen LogP contribution in [0.2, 0.25) is 0 Å². The van der Waals surface area contributed by atoms with Gasteiger partial charge in [-0.1, -0.05) is 31.4 Å². The minimum atomic E-state index is 0. The number of halogens is 1. The zero-order valence-electron chi connectivity index (χ0n) is 20.0. The Morgan fingerprint density at radius 2 is 1.97 bits per heavy atom. The van der Waals surface area contributed by atoms with Crippen molar-refractivity contribution in [2.75, 3.05) is 52.3 Å². The average Bonchev–Trinajstić information content (AvgIpc) is 2.78. The Hall–Kier alpha value is -1.39. The van der Waals surface area contributed by atoms with Crippen LogP contribution >= 0.6 is 24.0 Å². The first-order valence-electron chi connectivity index (χ1n) is 11.7. The van der Waals surface area contributed by atoms with E-state index < -0.39 is 0 Å². The van der Waals surface area contributed by atoms with Crippen LogP contribution in [0.25, 0.3) is 0 Å². The van der Waals surface area contributed by atoms with E-state index >= 15 is 0 Å². The number of nitrogens with one attached hydrogen (secondary N) is 3. The van der Waals surface area contributed by atoms with Crippen molar-refractivity contribution >= 4 is 41.5 Å². The molecule has 0 aliphatic heterocycles. The van der Waals surface area contributed by atoms with E-state index in [1.807, 2.05) is 24.3 Å². The lowest BCUT2D eigenvalue weighted by Crippen LogP contribution is -2.41. The summed E-state index contributed by atoms with van der Waals surface area (Å²) in [5.74, 6) is 1.13. The summed E-state index contributed by atoms with van der Waals surface area (Å²) in [6.07, 6.45) is 6.63. The molecule has 0 saturated heterocycles. The summed E-state index contributed by atoms with van der Waals surface area (Å²) in [4.78, 5) is 19.5. The number of carbonyl (C=O) groups excluding carboxylic acids is 1. The molecular weight excluding hydrogens is 517 g/mol. The highest BCUT2D eigenvalue weighted by Crippen LogP contribution is 2.25.